The van der Waals surface area contributed by atoms with Gasteiger partial charge in [-0.1, -0.05) is 69.3 Å². The highest BCUT2D eigenvalue weighted by Gasteiger charge is 2.41. The van der Waals surface area contributed by atoms with Crippen molar-refractivity contribution >= 4 is 17.8 Å². The number of rotatable bonds is 8. The SMILES string of the molecule is CC(C)C(NC(=O)C(CC1NC2C=CC=CC2C1C)NC(=O)C1CCc2ccccc2C1)C(=O)O. The van der Waals surface area contributed by atoms with Crippen molar-refractivity contribution in [3.63, 3.8) is 0 Å². The second kappa shape index (κ2) is 10.8. The van der Waals surface area contributed by atoms with Crippen LogP contribution >= 0.6 is 0 Å². The fourth-order valence-electron chi connectivity index (χ4n) is 5.71. The molecule has 7 unspecified atom stereocenters. The molecule has 1 aromatic carbocycles. The molecule has 0 aromatic heterocycles. The van der Waals surface area contributed by atoms with Crippen molar-refractivity contribution < 1.29 is 19.5 Å². The van der Waals surface area contributed by atoms with Crippen LogP contribution in [0.25, 0.3) is 0 Å². The van der Waals surface area contributed by atoms with Crippen molar-refractivity contribution in [2.24, 2.45) is 23.7 Å². The van der Waals surface area contributed by atoms with Gasteiger partial charge in [-0.3, -0.25) is 9.59 Å². The van der Waals surface area contributed by atoms with Gasteiger partial charge in [-0.05, 0) is 48.6 Å². The molecule has 35 heavy (non-hydrogen) atoms. The van der Waals surface area contributed by atoms with E-state index in [0.29, 0.717) is 18.8 Å². The first-order valence-corrected chi connectivity index (χ1v) is 12.8. The average molecular weight is 480 g/mol. The molecule has 1 saturated heterocycles. The van der Waals surface area contributed by atoms with Gasteiger partial charge in [-0.25, -0.2) is 4.79 Å². The number of aryl methyl sites for hydroxylation is 1. The van der Waals surface area contributed by atoms with Gasteiger partial charge in [-0.15, -0.1) is 0 Å². The third-order valence-corrected chi connectivity index (χ3v) is 7.90. The average Bonchev–Trinajstić information content (AvgIpc) is 3.16. The van der Waals surface area contributed by atoms with E-state index in [1.807, 2.05) is 18.2 Å². The van der Waals surface area contributed by atoms with Crippen molar-refractivity contribution in [2.75, 3.05) is 0 Å². The van der Waals surface area contributed by atoms with Gasteiger partial charge in [0, 0.05) is 23.9 Å². The van der Waals surface area contributed by atoms with Crippen LogP contribution in [-0.2, 0) is 27.2 Å². The van der Waals surface area contributed by atoms with Gasteiger partial charge >= 0.3 is 5.97 Å². The molecule has 4 rings (SSSR count). The summed E-state index contributed by atoms with van der Waals surface area (Å²) in [6.07, 6.45) is 11.0. The number of hydrogen-bond donors (Lipinski definition) is 4. The molecular weight excluding hydrogens is 442 g/mol. The molecule has 2 amide bonds. The number of hydrogen-bond acceptors (Lipinski definition) is 4. The Morgan fingerprint density at radius 2 is 1.80 bits per heavy atom. The number of benzene rings is 1. The van der Waals surface area contributed by atoms with Gasteiger partial charge in [0.1, 0.15) is 12.1 Å². The monoisotopic (exact) mass is 479 g/mol. The Morgan fingerprint density at radius 3 is 2.49 bits per heavy atom. The smallest absolute Gasteiger partial charge is 0.326 e. The van der Waals surface area contributed by atoms with Crippen LogP contribution in [0.2, 0.25) is 0 Å². The number of carbonyl (C=O) groups excluding carboxylic acids is 2. The second-order valence-corrected chi connectivity index (χ2v) is 10.6. The first kappa shape index (κ1) is 25.2. The summed E-state index contributed by atoms with van der Waals surface area (Å²) in [6.45, 7) is 5.68. The fraction of sp³-hybridized carbons (Fsp3) is 0.536. The number of aliphatic carboxylic acids is 1. The Morgan fingerprint density at radius 1 is 1.09 bits per heavy atom. The molecule has 0 radical (unpaired) electrons. The third kappa shape index (κ3) is 5.67. The predicted octanol–water partition coefficient (Wildman–Crippen LogP) is 2.61. The quantitative estimate of drug-likeness (QED) is 0.459. The summed E-state index contributed by atoms with van der Waals surface area (Å²) < 4.78 is 0. The Kier molecular flexibility index (Phi) is 7.75. The van der Waals surface area contributed by atoms with Crippen LogP contribution in [0.4, 0.5) is 0 Å². The van der Waals surface area contributed by atoms with E-state index in [9.17, 15) is 19.5 Å². The van der Waals surface area contributed by atoms with E-state index < -0.39 is 24.0 Å². The van der Waals surface area contributed by atoms with Crippen LogP contribution in [0.15, 0.2) is 48.6 Å². The lowest BCUT2D eigenvalue weighted by Gasteiger charge is -2.29. The highest BCUT2D eigenvalue weighted by Crippen LogP contribution is 2.33. The molecule has 4 N–H and O–H groups in total. The summed E-state index contributed by atoms with van der Waals surface area (Å²) in [6, 6.07) is 6.58. The number of nitrogens with one attached hydrogen (secondary N) is 3. The maximum Gasteiger partial charge on any atom is 0.326 e. The van der Waals surface area contributed by atoms with Gasteiger partial charge < -0.3 is 21.1 Å². The molecule has 0 saturated carbocycles. The molecule has 0 bridgehead atoms. The number of carboxylic acids is 1. The van der Waals surface area contributed by atoms with E-state index >= 15 is 0 Å². The van der Waals surface area contributed by atoms with Crippen LogP contribution in [0, 0.1) is 23.7 Å². The third-order valence-electron chi connectivity index (χ3n) is 7.90. The Balaban J connectivity index is 1.49. The van der Waals surface area contributed by atoms with Crippen LogP contribution in [0.3, 0.4) is 0 Å². The molecule has 1 fully saturated rings. The predicted molar refractivity (Wildman–Crippen MR) is 135 cm³/mol. The normalized spacial score (nSPS) is 28.6. The highest BCUT2D eigenvalue weighted by atomic mass is 16.4. The molecule has 3 aliphatic rings. The lowest BCUT2D eigenvalue weighted by atomic mass is 9.83. The number of fused-ring (bicyclic) bond motifs is 2. The van der Waals surface area contributed by atoms with Gasteiger partial charge in [0.2, 0.25) is 11.8 Å². The van der Waals surface area contributed by atoms with E-state index in [-0.39, 0.29) is 35.7 Å². The minimum absolute atomic E-state index is 0.0165. The first-order chi connectivity index (χ1) is 16.7. The van der Waals surface area contributed by atoms with Crippen LogP contribution in [0.5, 0.6) is 0 Å². The van der Waals surface area contributed by atoms with Crippen LogP contribution in [0.1, 0.15) is 44.7 Å². The number of carbonyl (C=O) groups is 3. The Labute approximate surface area is 207 Å². The summed E-state index contributed by atoms with van der Waals surface area (Å²) in [5.74, 6) is -1.52. The number of carboxylic acid groups (broad SMARTS) is 1. The first-order valence-electron chi connectivity index (χ1n) is 12.8. The van der Waals surface area contributed by atoms with Crippen molar-refractivity contribution in [1.82, 2.24) is 16.0 Å². The van der Waals surface area contributed by atoms with Crippen LogP contribution < -0.4 is 16.0 Å². The lowest BCUT2D eigenvalue weighted by Crippen LogP contribution is -2.55. The summed E-state index contributed by atoms with van der Waals surface area (Å²) >= 11 is 0. The van der Waals surface area contributed by atoms with Crippen molar-refractivity contribution in [2.45, 2.75) is 70.6 Å². The van der Waals surface area contributed by atoms with E-state index in [1.54, 1.807) is 13.8 Å². The van der Waals surface area contributed by atoms with Gasteiger partial charge in [-0.2, -0.15) is 0 Å². The van der Waals surface area contributed by atoms with Gasteiger partial charge in [0.15, 0.2) is 0 Å². The fourth-order valence-corrected chi connectivity index (χ4v) is 5.71. The maximum atomic E-state index is 13.3. The summed E-state index contributed by atoms with van der Waals surface area (Å²) in [5.41, 5.74) is 2.46. The zero-order chi connectivity index (χ0) is 25.1. The van der Waals surface area contributed by atoms with E-state index in [2.05, 4.69) is 53.2 Å². The molecule has 1 aliphatic heterocycles. The lowest BCUT2D eigenvalue weighted by molar-refractivity contribution is -0.143. The van der Waals surface area contributed by atoms with E-state index in [1.165, 1.54) is 11.1 Å². The second-order valence-electron chi connectivity index (χ2n) is 10.6. The Bertz CT molecular complexity index is 1020. The molecule has 7 atom stereocenters. The van der Waals surface area contributed by atoms with Crippen molar-refractivity contribution in [1.29, 1.82) is 0 Å². The van der Waals surface area contributed by atoms with Gasteiger partial charge in [0.05, 0.1) is 0 Å². The van der Waals surface area contributed by atoms with Crippen molar-refractivity contribution in [3.05, 3.63) is 59.7 Å². The largest absolute Gasteiger partial charge is 0.480 e. The molecule has 1 heterocycles. The minimum atomic E-state index is -1.07. The number of allylic oxidation sites excluding steroid dienone is 2. The standard InChI is InChI=1S/C28H37N3O4/c1-16(2)25(28(34)35)31-27(33)24(15-23-17(3)21-10-6-7-11-22(21)29-23)30-26(32)20-13-12-18-8-4-5-9-19(18)14-20/h4-11,16-17,20-25,29H,12-15H2,1-3H3,(H,30,32)(H,31,33)(H,34,35). The van der Waals surface area contributed by atoms with E-state index in [0.717, 1.165) is 12.8 Å². The minimum Gasteiger partial charge on any atom is -0.480 e. The maximum absolute atomic E-state index is 13.3. The summed E-state index contributed by atoms with van der Waals surface area (Å²) in [7, 11) is 0. The zero-order valence-corrected chi connectivity index (χ0v) is 20.7. The van der Waals surface area contributed by atoms with Gasteiger partial charge in [0.25, 0.3) is 0 Å². The zero-order valence-electron chi connectivity index (χ0n) is 20.7. The molecule has 0 spiro atoms. The molecule has 188 valence electrons. The molecule has 7 heteroatoms. The van der Waals surface area contributed by atoms with Crippen LogP contribution in [-0.4, -0.2) is 47.1 Å². The molecule has 2 aliphatic carbocycles. The highest BCUT2D eigenvalue weighted by molar-refractivity contribution is 5.91. The summed E-state index contributed by atoms with van der Waals surface area (Å²) in [4.78, 5) is 38.4. The molecule has 7 nitrogen and oxygen atoms in total. The topological polar surface area (TPSA) is 108 Å². The molecular formula is C28H37N3O4. The summed E-state index contributed by atoms with van der Waals surface area (Å²) in [5, 5.41) is 18.9. The Hall–Kier alpha value is -2.93. The van der Waals surface area contributed by atoms with Crippen molar-refractivity contribution in [3.8, 4) is 0 Å². The number of amides is 2. The van der Waals surface area contributed by atoms with E-state index in [4.69, 9.17) is 0 Å². The molecule has 1 aromatic rings.